The summed E-state index contributed by atoms with van der Waals surface area (Å²) < 4.78 is 0. The maximum Gasteiger partial charge on any atom is -0.0313 e. The Labute approximate surface area is 58.3 Å². The zero-order chi connectivity index (χ0) is 7.28. The van der Waals surface area contributed by atoms with Gasteiger partial charge in [-0.3, -0.25) is 0 Å². The van der Waals surface area contributed by atoms with E-state index in [-0.39, 0.29) is 0 Å². The van der Waals surface area contributed by atoms with Gasteiger partial charge in [-0.05, 0) is 19.8 Å². The minimum absolute atomic E-state index is 1.07. The lowest BCUT2D eigenvalue weighted by Gasteiger charge is -1.95. The van der Waals surface area contributed by atoms with Crippen LogP contribution < -0.4 is 0 Å². The molecule has 0 aliphatic heterocycles. The number of rotatable bonds is 3. The molecule has 0 aliphatic rings. The standard InChI is InChI=1S/C9H16/c1-5-8(3)7-9(4)6-2/h7H,3,5-6H2,1-2,4H3/b9-7-. The van der Waals surface area contributed by atoms with E-state index in [1.807, 2.05) is 0 Å². The van der Waals surface area contributed by atoms with E-state index in [1.54, 1.807) is 0 Å². The Hall–Kier alpha value is -0.520. The summed E-state index contributed by atoms with van der Waals surface area (Å²) in [4.78, 5) is 0. The summed E-state index contributed by atoms with van der Waals surface area (Å²) in [5, 5.41) is 0. The van der Waals surface area contributed by atoms with Crippen LogP contribution in [0.5, 0.6) is 0 Å². The SMILES string of the molecule is C=C(/C=C(/C)CC)CC. The molecule has 0 aliphatic carbocycles. The maximum atomic E-state index is 3.88. The second-order valence-corrected chi connectivity index (χ2v) is 2.36. The van der Waals surface area contributed by atoms with Crippen molar-refractivity contribution < 1.29 is 0 Å². The molecule has 0 rings (SSSR count). The average Bonchev–Trinajstić information content (AvgIpc) is 1.87. The van der Waals surface area contributed by atoms with Gasteiger partial charge in [0.25, 0.3) is 0 Å². The van der Waals surface area contributed by atoms with E-state index in [4.69, 9.17) is 0 Å². The topological polar surface area (TPSA) is 0 Å². The molecule has 0 saturated heterocycles. The molecular formula is C9H16. The number of hydrogen-bond donors (Lipinski definition) is 0. The van der Waals surface area contributed by atoms with Crippen LogP contribution in [0.2, 0.25) is 0 Å². The van der Waals surface area contributed by atoms with Gasteiger partial charge in [0.1, 0.15) is 0 Å². The Morgan fingerprint density at radius 2 is 1.89 bits per heavy atom. The van der Waals surface area contributed by atoms with E-state index in [0.29, 0.717) is 0 Å². The highest BCUT2D eigenvalue weighted by Crippen LogP contribution is 2.05. The summed E-state index contributed by atoms with van der Waals surface area (Å²) in [6.45, 7) is 10.3. The van der Waals surface area contributed by atoms with Gasteiger partial charge in [-0.15, -0.1) is 0 Å². The smallest absolute Gasteiger partial charge is 0.0313 e. The summed E-state index contributed by atoms with van der Waals surface area (Å²) in [7, 11) is 0. The molecule has 0 radical (unpaired) electrons. The molecule has 0 unspecified atom stereocenters. The number of allylic oxidation sites excluding steroid dienone is 3. The predicted octanol–water partition coefficient (Wildman–Crippen LogP) is 3.31. The largest absolute Gasteiger partial charge is 0.0958 e. The molecule has 0 N–H and O–H groups in total. The molecular weight excluding hydrogens is 108 g/mol. The highest BCUT2D eigenvalue weighted by molar-refractivity contribution is 5.18. The molecule has 0 amide bonds. The molecule has 0 saturated carbocycles. The monoisotopic (exact) mass is 124 g/mol. The predicted molar refractivity (Wildman–Crippen MR) is 43.5 cm³/mol. The molecule has 0 bridgehead atoms. The molecule has 0 aromatic rings. The van der Waals surface area contributed by atoms with E-state index in [1.165, 1.54) is 11.1 Å². The zero-order valence-corrected chi connectivity index (χ0v) is 6.70. The molecule has 0 aromatic heterocycles. The molecule has 0 fully saturated rings. The quantitative estimate of drug-likeness (QED) is 0.506. The third-order valence-corrected chi connectivity index (χ3v) is 1.46. The van der Waals surface area contributed by atoms with Crippen molar-refractivity contribution in [1.82, 2.24) is 0 Å². The van der Waals surface area contributed by atoms with Gasteiger partial charge in [0.05, 0.1) is 0 Å². The van der Waals surface area contributed by atoms with E-state index in [2.05, 4.69) is 33.4 Å². The molecule has 0 atom stereocenters. The van der Waals surface area contributed by atoms with Gasteiger partial charge in [0, 0.05) is 0 Å². The Morgan fingerprint density at radius 3 is 2.22 bits per heavy atom. The second kappa shape index (κ2) is 4.37. The summed E-state index contributed by atoms with van der Waals surface area (Å²) in [6, 6.07) is 0. The first-order chi connectivity index (χ1) is 4.20. The van der Waals surface area contributed by atoms with Crippen molar-refractivity contribution in [2.24, 2.45) is 0 Å². The van der Waals surface area contributed by atoms with Crippen molar-refractivity contribution in [3.05, 3.63) is 23.8 Å². The van der Waals surface area contributed by atoms with Crippen LogP contribution in [0.1, 0.15) is 33.6 Å². The first kappa shape index (κ1) is 8.48. The van der Waals surface area contributed by atoms with Crippen LogP contribution in [0.3, 0.4) is 0 Å². The fourth-order valence-corrected chi connectivity index (χ4v) is 0.553. The van der Waals surface area contributed by atoms with Crippen LogP contribution in [0.4, 0.5) is 0 Å². The number of hydrogen-bond acceptors (Lipinski definition) is 0. The van der Waals surface area contributed by atoms with Crippen LogP contribution in [0.25, 0.3) is 0 Å². The highest BCUT2D eigenvalue weighted by atomic mass is 13.9. The summed E-state index contributed by atoms with van der Waals surface area (Å²) in [5.74, 6) is 0. The normalized spacial score (nSPS) is 11.7. The van der Waals surface area contributed by atoms with Gasteiger partial charge >= 0.3 is 0 Å². The molecule has 0 heterocycles. The molecule has 52 valence electrons. The minimum Gasteiger partial charge on any atom is -0.0958 e. The van der Waals surface area contributed by atoms with Gasteiger partial charge in [0.2, 0.25) is 0 Å². The molecule has 0 nitrogen and oxygen atoms in total. The lowest BCUT2D eigenvalue weighted by atomic mass is 10.1. The molecule has 0 spiro atoms. The Bertz CT molecular complexity index is 118. The van der Waals surface area contributed by atoms with Crippen LogP contribution in [-0.2, 0) is 0 Å². The van der Waals surface area contributed by atoms with Crippen LogP contribution in [0, 0.1) is 0 Å². The van der Waals surface area contributed by atoms with Crippen LogP contribution in [0.15, 0.2) is 23.8 Å². The molecule has 0 aromatic carbocycles. The molecule has 9 heavy (non-hydrogen) atoms. The highest BCUT2D eigenvalue weighted by Gasteiger charge is 1.84. The maximum absolute atomic E-state index is 3.88. The van der Waals surface area contributed by atoms with Gasteiger partial charge < -0.3 is 0 Å². The van der Waals surface area contributed by atoms with E-state index in [9.17, 15) is 0 Å². The van der Waals surface area contributed by atoms with Crippen molar-refractivity contribution in [1.29, 1.82) is 0 Å². The van der Waals surface area contributed by atoms with Crippen molar-refractivity contribution in [3.63, 3.8) is 0 Å². The molecule has 0 heteroatoms. The van der Waals surface area contributed by atoms with Crippen LogP contribution in [-0.4, -0.2) is 0 Å². The second-order valence-electron chi connectivity index (χ2n) is 2.36. The van der Waals surface area contributed by atoms with Crippen molar-refractivity contribution in [3.8, 4) is 0 Å². The minimum atomic E-state index is 1.07. The van der Waals surface area contributed by atoms with E-state index in [0.717, 1.165) is 12.8 Å². The summed E-state index contributed by atoms with van der Waals surface area (Å²) in [6.07, 6.45) is 4.37. The van der Waals surface area contributed by atoms with Gasteiger partial charge in [-0.25, -0.2) is 0 Å². The first-order valence-electron chi connectivity index (χ1n) is 3.55. The third kappa shape index (κ3) is 4.01. The average molecular weight is 124 g/mol. The Balaban J connectivity index is 3.79. The fraction of sp³-hybridized carbons (Fsp3) is 0.556. The van der Waals surface area contributed by atoms with Crippen molar-refractivity contribution in [2.45, 2.75) is 33.6 Å². The van der Waals surface area contributed by atoms with Gasteiger partial charge in [-0.1, -0.05) is 37.6 Å². The summed E-state index contributed by atoms with van der Waals surface area (Å²) >= 11 is 0. The van der Waals surface area contributed by atoms with Crippen molar-refractivity contribution >= 4 is 0 Å². The Morgan fingerprint density at radius 1 is 1.33 bits per heavy atom. The third-order valence-electron chi connectivity index (χ3n) is 1.46. The lowest BCUT2D eigenvalue weighted by molar-refractivity contribution is 1.07. The first-order valence-corrected chi connectivity index (χ1v) is 3.55. The van der Waals surface area contributed by atoms with E-state index < -0.39 is 0 Å². The van der Waals surface area contributed by atoms with Gasteiger partial charge in [-0.2, -0.15) is 0 Å². The van der Waals surface area contributed by atoms with Crippen LogP contribution >= 0.6 is 0 Å². The van der Waals surface area contributed by atoms with Crippen molar-refractivity contribution in [2.75, 3.05) is 0 Å². The Kier molecular flexibility index (Phi) is 4.12. The fourth-order valence-electron chi connectivity index (χ4n) is 0.553. The van der Waals surface area contributed by atoms with E-state index >= 15 is 0 Å². The zero-order valence-electron chi connectivity index (χ0n) is 6.70. The lowest BCUT2D eigenvalue weighted by Crippen LogP contribution is -1.74. The van der Waals surface area contributed by atoms with Gasteiger partial charge in [0.15, 0.2) is 0 Å². The summed E-state index contributed by atoms with van der Waals surface area (Å²) in [5.41, 5.74) is 2.65.